The fourth-order valence-corrected chi connectivity index (χ4v) is 4.38. The fraction of sp³-hybridized carbons (Fsp3) is 0.125. The van der Waals surface area contributed by atoms with Gasteiger partial charge in [-0.2, -0.15) is 0 Å². The molecule has 4 rings (SSSR count). The smallest absolute Gasteiger partial charge is 0.265 e. The summed E-state index contributed by atoms with van der Waals surface area (Å²) >= 11 is 3.00. The molecule has 5 nitrogen and oxygen atoms in total. The molecule has 0 spiro atoms. The maximum atomic E-state index is 12.7. The molecule has 2 heterocycles. The van der Waals surface area contributed by atoms with Crippen molar-refractivity contribution in [2.45, 2.75) is 13.3 Å². The molecule has 7 heteroatoms. The Morgan fingerprint density at radius 3 is 2.45 bits per heavy atom. The lowest BCUT2D eigenvalue weighted by atomic mass is 10.1. The lowest BCUT2D eigenvalue weighted by Crippen LogP contribution is -2.27. The van der Waals surface area contributed by atoms with Crippen LogP contribution < -0.4 is 10.6 Å². The second-order valence-corrected chi connectivity index (χ2v) is 8.94. The van der Waals surface area contributed by atoms with Crippen LogP contribution in [-0.4, -0.2) is 23.3 Å². The predicted octanol–water partition coefficient (Wildman–Crippen LogP) is 5.40. The van der Waals surface area contributed by atoms with Gasteiger partial charge in [-0.05, 0) is 42.5 Å². The first-order valence-electron chi connectivity index (χ1n) is 9.83. The van der Waals surface area contributed by atoms with Gasteiger partial charge in [0.05, 0.1) is 26.8 Å². The number of rotatable bonds is 7. The molecule has 0 fully saturated rings. The van der Waals surface area contributed by atoms with Crippen LogP contribution in [0.3, 0.4) is 0 Å². The van der Waals surface area contributed by atoms with E-state index in [2.05, 4.69) is 45.3 Å². The number of amides is 2. The van der Waals surface area contributed by atoms with Crippen molar-refractivity contribution in [3.63, 3.8) is 0 Å². The van der Waals surface area contributed by atoms with Crippen LogP contribution in [0.15, 0.2) is 71.4 Å². The van der Waals surface area contributed by atoms with Gasteiger partial charge in [-0.15, -0.1) is 22.7 Å². The minimum atomic E-state index is -0.217. The van der Waals surface area contributed by atoms with Crippen molar-refractivity contribution in [3.8, 4) is 11.3 Å². The van der Waals surface area contributed by atoms with Gasteiger partial charge in [0.2, 0.25) is 0 Å². The largest absolute Gasteiger partial charge is 0.352 e. The van der Waals surface area contributed by atoms with E-state index in [4.69, 9.17) is 0 Å². The van der Waals surface area contributed by atoms with E-state index >= 15 is 0 Å². The Kier molecular flexibility index (Phi) is 6.54. The molecule has 4 aromatic rings. The molecule has 2 N–H and O–H groups in total. The minimum absolute atomic E-state index is 0.211. The number of thiazole rings is 1. The molecule has 156 valence electrons. The number of aryl methyl sites for hydroxylation is 1. The van der Waals surface area contributed by atoms with Crippen molar-refractivity contribution in [2.24, 2.45) is 0 Å². The van der Waals surface area contributed by atoms with Gasteiger partial charge in [-0.3, -0.25) is 9.59 Å². The third-order valence-corrected chi connectivity index (χ3v) is 6.37. The first kappa shape index (κ1) is 21.0. The van der Waals surface area contributed by atoms with E-state index in [1.807, 2.05) is 18.4 Å². The number of para-hydroxylation sites is 1. The van der Waals surface area contributed by atoms with Crippen molar-refractivity contribution in [1.29, 1.82) is 0 Å². The summed E-state index contributed by atoms with van der Waals surface area (Å²) in [6.07, 6.45) is 0.714. The van der Waals surface area contributed by atoms with E-state index in [-0.39, 0.29) is 11.8 Å². The second kappa shape index (κ2) is 9.68. The summed E-state index contributed by atoms with van der Waals surface area (Å²) in [7, 11) is 0. The molecule has 0 aliphatic rings. The monoisotopic (exact) mass is 447 g/mol. The molecule has 0 saturated heterocycles. The number of hydrogen-bond donors (Lipinski definition) is 2. The van der Waals surface area contributed by atoms with Gasteiger partial charge in [0, 0.05) is 17.5 Å². The van der Waals surface area contributed by atoms with Crippen LogP contribution in [0.2, 0.25) is 0 Å². The first-order chi connectivity index (χ1) is 15.1. The van der Waals surface area contributed by atoms with Crippen molar-refractivity contribution < 1.29 is 9.59 Å². The Bertz CT molecular complexity index is 1180. The molecule has 0 unspecified atom stereocenters. The minimum Gasteiger partial charge on any atom is -0.352 e. The predicted molar refractivity (Wildman–Crippen MR) is 127 cm³/mol. The van der Waals surface area contributed by atoms with Crippen molar-refractivity contribution in [3.05, 3.63) is 92.4 Å². The molecule has 0 atom stereocenters. The summed E-state index contributed by atoms with van der Waals surface area (Å²) in [5.74, 6) is -0.428. The normalized spacial score (nSPS) is 10.6. The molecular weight excluding hydrogens is 426 g/mol. The van der Waals surface area contributed by atoms with Gasteiger partial charge in [0.15, 0.2) is 0 Å². The van der Waals surface area contributed by atoms with Gasteiger partial charge in [0.1, 0.15) is 0 Å². The number of nitrogens with zero attached hydrogens (tertiary/aromatic N) is 1. The quantitative estimate of drug-likeness (QED) is 0.398. The molecule has 2 aromatic carbocycles. The molecule has 0 aliphatic carbocycles. The molecule has 0 saturated carbocycles. The van der Waals surface area contributed by atoms with E-state index in [0.717, 1.165) is 21.8 Å². The zero-order chi connectivity index (χ0) is 21.6. The second-order valence-electron chi connectivity index (χ2n) is 6.93. The number of carbonyl (C=O) groups is 2. The van der Waals surface area contributed by atoms with Gasteiger partial charge in [0.25, 0.3) is 11.8 Å². The number of benzene rings is 2. The summed E-state index contributed by atoms with van der Waals surface area (Å²) in [5.41, 5.74) is 4.16. The highest BCUT2D eigenvalue weighted by Crippen LogP contribution is 2.22. The van der Waals surface area contributed by atoms with Gasteiger partial charge in [-0.1, -0.05) is 42.5 Å². The number of anilines is 1. The van der Waals surface area contributed by atoms with Crippen molar-refractivity contribution in [2.75, 3.05) is 11.9 Å². The van der Waals surface area contributed by atoms with Crippen molar-refractivity contribution >= 4 is 40.2 Å². The fourth-order valence-electron chi connectivity index (χ4n) is 3.14. The summed E-state index contributed by atoms with van der Waals surface area (Å²) in [5, 5.41) is 10.7. The standard InChI is InChI=1S/C24H21N3O2S2/c1-16-26-21(15-31-16)18-10-8-17(9-11-18)12-13-25-23(28)19-5-2-3-6-20(19)27-24(29)22-7-4-14-30-22/h2-11,14-15H,12-13H2,1H3,(H,25,28)(H,27,29). The molecular formula is C24H21N3O2S2. The Hall–Kier alpha value is -3.29. The summed E-state index contributed by atoms with van der Waals surface area (Å²) in [6, 6.07) is 18.8. The van der Waals surface area contributed by atoms with Crippen LogP contribution in [-0.2, 0) is 6.42 Å². The van der Waals surface area contributed by atoms with Crippen LogP contribution in [0.5, 0.6) is 0 Å². The van der Waals surface area contributed by atoms with E-state index in [1.54, 1.807) is 41.7 Å². The summed E-state index contributed by atoms with van der Waals surface area (Å²) < 4.78 is 0. The Labute approximate surface area is 188 Å². The van der Waals surface area contributed by atoms with Crippen LogP contribution in [0.25, 0.3) is 11.3 Å². The number of carbonyl (C=O) groups excluding carboxylic acids is 2. The number of nitrogens with one attached hydrogen (secondary N) is 2. The van der Waals surface area contributed by atoms with E-state index in [1.165, 1.54) is 11.3 Å². The molecule has 31 heavy (non-hydrogen) atoms. The Morgan fingerprint density at radius 1 is 0.935 bits per heavy atom. The van der Waals surface area contributed by atoms with Crippen LogP contribution in [0.1, 0.15) is 30.6 Å². The van der Waals surface area contributed by atoms with Crippen LogP contribution >= 0.6 is 22.7 Å². The SMILES string of the molecule is Cc1nc(-c2ccc(CCNC(=O)c3ccccc3NC(=O)c3cccs3)cc2)cs1. The van der Waals surface area contributed by atoms with Crippen LogP contribution in [0, 0.1) is 6.92 Å². The van der Waals surface area contributed by atoms with Gasteiger partial charge in [-0.25, -0.2) is 4.98 Å². The van der Waals surface area contributed by atoms with E-state index in [0.29, 0.717) is 29.1 Å². The number of hydrogen-bond acceptors (Lipinski definition) is 5. The Morgan fingerprint density at radius 2 is 1.74 bits per heavy atom. The zero-order valence-electron chi connectivity index (χ0n) is 16.9. The van der Waals surface area contributed by atoms with E-state index in [9.17, 15) is 9.59 Å². The Balaban J connectivity index is 1.34. The highest BCUT2D eigenvalue weighted by molar-refractivity contribution is 7.12. The number of aromatic nitrogens is 1. The number of thiophene rings is 1. The summed E-state index contributed by atoms with van der Waals surface area (Å²) in [6.45, 7) is 2.50. The average molecular weight is 448 g/mol. The average Bonchev–Trinajstić information content (AvgIpc) is 3.47. The zero-order valence-corrected chi connectivity index (χ0v) is 18.6. The molecule has 0 aliphatic heterocycles. The topological polar surface area (TPSA) is 71.1 Å². The molecule has 0 radical (unpaired) electrons. The van der Waals surface area contributed by atoms with Gasteiger partial charge >= 0.3 is 0 Å². The molecule has 2 amide bonds. The molecule has 2 aromatic heterocycles. The first-order valence-corrected chi connectivity index (χ1v) is 11.6. The van der Waals surface area contributed by atoms with Crippen LogP contribution in [0.4, 0.5) is 5.69 Å². The highest BCUT2D eigenvalue weighted by Gasteiger charge is 2.14. The van der Waals surface area contributed by atoms with E-state index < -0.39 is 0 Å². The third-order valence-electron chi connectivity index (χ3n) is 4.73. The van der Waals surface area contributed by atoms with Gasteiger partial charge < -0.3 is 10.6 Å². The van der Waals surface area contributed by atoms with Crippen molar-refractivity contribution in [1.82, 2.24) is 10.3 Å². The highest BCUT2D eigenvalue weighted by atomic mass is 32.1. The maximum Gasteiger partial charge on any atom is 0.265 e. The molecule has 0 bridgehead atoms. The maximum absolute atomic E-state index is 12.7. The summed E-state index contributed by atoms with van der Waals surface area (Å²) in [4.78, 5) is 30.2. The third kappa shape index (κ3) is 5.25. The lowest BCUT2D eigenvalue weighted by molar-refractivity contribution is 0.0955. The lowest BCUT2D eigenvalue weighted by Gasteiger charge is -2.11.